The number of fused-ring (bicyclic) bond motifs is 1. The Balaban J connectivity index is 1.93. The molecule has 1 aromatic carbocycles. The molecule has 17 heavy (non-hydrogen) atoms. The molecule has 4 nitrogen and oxygen atoms in total. The lowest BCUT2D eigenvalue weighted by Gasteiger charge is -1.96. The summed E-state index contributed by atoms with van der Waals surface area (Å²) in [6, 6.07) is 7.66. The Kier molecular flexibility index (Phi) is 2.26. The first-order valence-electron chi connectivity index (χ1n) is 5.34. The van der Waals surface area contributed by atoms with Crippen LogP contribution in [0.15, 0.2) is 47.3 Å². The highest BCUT2D eigenvalue weighted by Crippen LogP contribution is 2.31. The van der Waals surface area contributed by atoms with E-state index in [2.05, 4.69) is 10.5 Å². The van der Waals surface area contributed by atoms with Crippen molar-refractivity contribution in [3.05, 3.63) is 53.9 Å². The highest BCUT2D eigenvalue weighted by Gasteiger charge is 2.22. The number of carbonyl (C=O) groups is 1. The molecule has 3 rings (SSSR count). The van der Waals surface area contributed by atoms with Gasteiger partial charge in [-0.15, -0.1) is 0 Å². The van der Waals surface area contributed by atoms with E-state index in [9.17, 15) is 4.79 Å². The van der Waals surface area contributed by atoms with Crippen molar-refractivity contribution in [3.8, 4) is 0 Å². The molecule has 0 radical (unpaired) electrons. The van der Waals surface area contributed by atoms with E-state index in [-0.39, 0.29) is 5.91 Å². The van der Waals surface area contributed by atoms with Crippen molar-refractivity contribution < 1.29 is 9.32 Å². The number of para-hydroxylation sites is 1. The number of hydrogen-bond donors (Lipinski definition) is 1. The Labute approximate surface area is 97.9 Å². The molecule has 2 heterocycles. The molecule has 0 spiro atoms. The first kappa shape index (κ1) is 9.84. The van der Waals surface area contributed by atoms with Crippen LogP contribution in [0.4, 0.5) is 5.69 Å². The number of rotatable bonds is 2. The van der Waals surface area contributed by atoms with Crippen LogP contribution in [0.2, 0.25) is 0 Å². The highest BCUT2D eigenvalue weighted by molar-refractivity contribution is 6.31. The number of hydrogen-bond acceptors (Lipinski definition) is 3. The fourth-order valence-corrected chi connectivity index (χ4v) is 1.89. The average molecular weight is 226 g/mol. The predicted molar refractivity (Wildman–Crippen MR) is 63.3 cm³/mol. The van der Waals surface area contributed by atoms with Gasteiger partial charge in [-0.2, -0.15) is 0 Å². The zero-order chi connectivity index (χ0) is 11.7. The van der Waals surface area contributed by atoms with Gasteiger partial charge in [0.1, 0.15) is 6.26 Å². The van der Waals surface area contributed by atoms with Gasteiger partial charge in [0.15, 0.2) is 0 Å². The molecular formula is C13H10N2O2. The van der Waals surface area contributed by atoms with Crippen molar-refractivity contribution in [2.45, 2.75) is 6.42 Å². The number of anilines is 1. The predicted octanol–water partition coefficient (Wildman–Crippen LogP) is 2.25. The van der Waals surface area contributed by atoms with E-state index in [0.29, 0.717) is 12.0 Å². The van der Waals surface area contributed by atoms with Gasteiger partial charge in [0, 0.05) is 22.4 Å². The van der Waals surface area contributed by atoms with Crippen molar-refractivity contribution in [1.29, 1.82) is 0 Å². The van der Waals surface area contributed by atoms with Crippen molar-refractivity contribution in [2.24, 2.45) is 0 Å². The van der Waals surface area contributed by atoms with Gasteiger partial charge in [-0.1, -0.05) is 29.4 Å². The Morgan fingerprint density at radius 3 is 3.06 bits per heavy atom. The van der Waals surface area contributed by atoms with E-state index >= 15 is 0 Å². The lowest BCUT2D eigenvalue weighted by molar-refractivity contribution is -0.110. The number of allylic oxidation sites excluding steroid dienone is 1. The third-order valence-corrected chi connectivity index (χ3v) is 2.74. The molecule has 4 heteroatoms. The smallest absolute Gasteiger partial charge is 0.256 e. The Hall–Kier alpha value is -2.36. The maximum atomic E-state index is 11.8. The second-order valence-electron chi connectivity index (χ2n) is 3.85. The summed E-state index contributed by atoms with van der Waals surface area (Å²) in [6.45, 7) is 0. The summed E-state index contributed by atoms with van der Waals surface area (Å²) in [5, 5.41) is 6.46. The molecule has 2 aromatic rings. The number of benzene rings is 1. The molecule has 1 aliphatic heterocycles. The molecule has 1 amide bonds. The minimum Gasteiger partial charge on any atom is -0.364 e. The summed E-state index contributed by atoms with van der Waals surface area (Å²) < 4.78 is 4.75. The molecule has 1 aliphatic rings. The maximum absolute atomic E-state index is 11.8. The zero-order valence-corrected chi connectivity index (χ0v) is 9.01. The van der Waals surface area contributed by atoms with E-state index in [4.69, 9.17) is 4.52 Å². The Morgan fingerprint density at radius 2 is 2.24 bits per heavy atom. The molecule has 0 aliphatic carbocycles. The van der Waals surface area contributed by atoms with Crippen molar-refractivity contribution in [3.63, 3.8) is 0 Å². The summed E-state index contributed by atoms with van der Waals surface area (Å²) in [7, 11) is 0. The maximum Gasteiger partial charge on any atom is 0.256 e. The molecule has 84 valence electrons. The summed E-state index contributed by atoms with van der Waals surface area (Å²) >= 11 is 0. The van der Waals surface area contributed by atoms with Gasteiger partial charge in [-0.05, 0) is 12.5 Å². The number of carbonyl (C=O) groups excluding carboxylic acids is 1. The van der Waals surface area contributed by atoms with E-state index in [1.54, 1.807) is 12.5 Å². The number of amides is 1. The fraction of sp³-hybridized carbons (Fsp3) is 0.0769. The Morgan fingerprint density at radius 1 is 1.35 bits per heavy atom. The molecule has 0 saturated carbocycles. The molecular weight excluding hydrogens is 216 g/mol. The SMILES string of the molecule is O=C1Nc2ccccc2C1=CCc1cnoc1. The van der Waals surface area contributed by atoms with Crippen LogP contribution in [-0.4, -0.2) is 11.1 Å². The van der Waals surface area contributed by atoms with Gasteiger partial charge in [0.05, 0.1) is 6.20 Å². The number of aromatic nitrogens is 1. The van der Waals surface area contributed by atoms with E-state index in [1.807, 2.05) is 30.3 Å². The quantitative estimate of drug-likeness (QED) is 0.799. The van der Waals surface area contributed by atoms with Crippen LogP contribution in [0, 0.1) is 0 Å². The van der Waals surface area contributed by atoms with Gasteiger partial charge < -0.3 is 9.84 Å². The minimum atomic E-state index is -0.0531. The first-order valence-corrected chi connectivity index (χ1v) is 5.34. The normalized spacial score (nSPS) is 16.0. The zero-order valence-electron chi connectivity index (χ0n) is 9.01. The van der Waals surface area contributed by atoms with Crippen LogP contribution >= 0.6 is 0 Å². The van der Waals surface area contributed by atoms with Crippen LogP contribution in [0.5, 0.6) is 0 Å². The minimum absolute atomic E-state index is 0.0531. The second-order valence-corrected chi connectivity index (χ2v) is 3.85. The highest BCUT2D eigenvalue weighted by atomic mass is 16.5. The summed E-state index contributed by atoms with van der Waals surface area (Å²) in [6.07, 6.45) is 5.76. The average Bonchev–Trinajstić information content (AvgIpc) is 2.93. The Bertz CT molecular complexity index is 585. The van der Waals surface area contributed by atoms with E-state index in [1.165, 1.54) is 0 Å². The monoisotopic (exact) mass is 226 g/mol. The first-order chi connectivity index (χ1) is 8.34. The van der Waals surface area contributed by atoms with Crippen LogP contribution < -0.4 is 5.32 Å². The molecule has 1 aromatic heterocycles. The van der Waals surface area contributed by atoms with Gasteiger partial charge >= 0.3 is 0 Å². The molecule has 0 fully saturated rings. The van der Waals surface area contributed by atoms with Gasteiger partial charge in [-0.25, -0.2) is 0 Å². The standard InChI is InChI=1S/C13H10N2O2/c16-13-11(6-5-9-7-14-17-8-9)10-3-1-2-4-12(10)15-13/h1-4,6-8H,5H2,(H,15,16). The van der Waals surface area contributed by atoms with Gasteiger partial charge in [0.25, 0.3) is 5.91 Å². The van der Waals surface area contributed by atoms with Crippen molar-refractivity contribution >= 4 is 17.2 Å². The van der Waals surface area contributed by atoms with E-state index in [0.717, 1.165) is 16.8 Å². The van der Waals surface area contributed by atoms with Crippen LogP contribution in [0.25, 0.3) is 5.57 Å². The van der Waals surface area contributed by atoms with Crippen LogP contribution in [0.1, 0.15) is 11.1 Å². The third-order valence-electron chi connectivity index (χ3n) is 2.74. The van der Waals surface area contributed by atoms with Crippen LogP contribution in [-0.2, 0) is 11.2 Å². The van der Waals surface area contributed by atoms with Crippen molar-refractivity contribution in [1.82, 2.24) is 5.16 Å². The molecule has 0 atom stereocenters. The van der Waals surface area contributed by atoms with E-state index < -0.39 is 0 Å². The van der Waals surface area contributed by atoms with Crippen molar-refractivity contribution in [2.75, 3.05) is 5.32 Å². The number of nitrogens with zero attached hydrogens (tertiary/aromatic N) is 1. The summed E-state index contributed by atoms with van der Waals surface area (Å²) in [5.74, 6) is -0.0531. The fourth-order valence-electron chi connectivity index (χ4n) is 1.89. The lowest BCUT2D eigenvalue weighted by Crippen LogP contribution is -2.03. The molecule has 1 N–H and O–H groups in total. The summed E-state index contributed by atoms with van der Waals surface area (Å²) in [5.41, 5.74) is 3.49. The van der Waals surface area contributed by atoms with Crippen LogP contribution in [0.3, 0.4) is 0 Å². The molecule has 0 unspecified atom stereocenters. The molecule has 0 bridgehead atoms. The lowest BCUT2D eigenvalue weighted by atomic mass is 10.1. The largest absolute Gasteiger partial charge is 0.364 e. The molecule has 0 saturated heterocycles. The summed E-state index contributed by atoms with van der Waals surface area (Å²) in [4.78, 5) is 11.8. The van der Waals surface area contributed by atoms with Gasteiger partial charge in [-0.3, -0.25) is 4.79 Å². The number of nitrogens with one attached hydrogen (secondary N) is 1. The topological polar surface area (TPSA) is 55.1 Å². The third kappa shape index (κ3) is 1.73. The van der Waals surface area contributed by atoms with Gasteiger partial charge in [0.2, 0.25) is 0 Å². The second kappa shape index (κ2) is 3.90.